The number of aliphatic carboxylic acids is 1. The van der Waals surface area contributed by atoms with E-state index in [4.69, 9.17) is 5.11 Å². The van der Waals surface area contributed by atoms with E-state index < -0.39 is 11.5 Å². The van der Waals surface area contributed by atoms with Crippen molar-refractivity contribution in [2.24, 2.45) is 0 Å². The number of hydrogen-bond acceptors (Lipinski definition) is 2. The molecule has 0 amide bonds. The minimum atomic E-state index is -0.795. The molecule has 0 heterocycles. The fraction of sp³-hybridized carbons (Fsp3) is 0.462. The first-order valence-electron chi connectivity index (χ1n) is 5.52. The van der Waals surface area contributed by atoms with E-state index in [1.54, 1.807) is 7.05 Å². The molecule has 0 aliphatic rings. The Bertz CT molecular complexity index is 359. The fourth-order valence-electron chi connectivity index (χ4n) is 1.75. The van der Waals surface area contributed by atoms with Gasteiger partial charge >= 0.3 is 5.97 Å². The van der Waals surface area contributed by atoms with Crippen LogP contribution < -0.4 is 5.32 Å². The summed E-state index contributed by atoms with van der Waals surface area (Å²) in [6, 6.07) is 8.09. The maximum atomic E-state index is 10.8. The number of aryl methyl sites for hydroxylation is 1. The zero-order chi connectivity index (χ0) is 12.2. The second-order valence-electron chi connectivity index (χ2n) is 4.20. The predicted molar refractivity (Wildman–Crippen MR) is 64.5 cm³/mol. The van der Waals surface area contributed by atoms with Gasteiger partial charge in [0, 0.05) is 0 Å². The minimum Gasteiger partial charge on any atom is -0.481 e. The Hall–Kier alpha value is -1.35. The molecule has 0 fully saturated rings. The van der Waals surface area contributed by atoms with Crippen LogP contribution in [0.4, 0.5) is 0 Å². The van der Waals surface area contributed by atoms with Crippen molar-refractivity contribution < 1.29 is 9.90 Å². The van der Waals surface area contributed by atoms with E-state index in [1.165, 1.54) is 5.56 Å². The molecule has 0 spiro atoms. The van der Waals surface area contributed by atoms with Crippen molar-refractivity contribution in [2.45, 2.75) is 32.2 Å². The van der Waals surface area contributed by atoms with Gasteiger partial charge in [-0.05, 0) is 31.5 Å². The van der Waals surface area contributed by atoms with E-state index in [-0.39, 0.29) is 6.42 Å². The van der Waals surface area contributed by atoms with Gasteiger partial charge in [-0.15, -0.1) is 0 Å². The average Bonchev–Trinajstić information content (AvgIpc) is 2.28. The van der Waals surface area contributed by atoms with Crippen molar-refractivity contribution >= 4 is 5.97 Å². The minimum absolute atomic E-state index is 0.0783. The van der Waals surface area contributed by atoms with E-state index >= 15 is 0 Å². The van der Waals surface area contributed by atoms with Crippen LogP contribution in [0.15, 0.2) is 24.3 Å². The number of carbonyl (C=O) groups is 1. The van der Waals surface area contributed by atoms with Crippen LogP contribution in [0.3, 0.4) is 0 Å². The van der Waals surface area contributed by atoms with Crippen LogP contribution in [0.5, 0.6) is 0 Å². The fourth-order valence-corrected chi connectivity index (χ4v) is 1.75. The Kier molecular flexibility index (Phi) is 4.07. The topological polar surface area (TPSA) is 49.3 Å². The zero-order valence-electron chi connectivity index (χ0n) is 10.1. The molecule has 0 bridgehead atoms. The predicted octanol–water partition coefficient (Wildman–Crippen LogP) is 2.16. The lowest BCUT2D eigenvalue weighted by Gasteiger charge is -2.28. The third kappa shape index (κ3) is 2.83. The van der Waals surface area contributed by atoms with Crippen LogP contribution in [0, 0.1) is 0 Å². The largest absolute Gasteiger partial charge is 0.481 e. The Morgan fingerprint density at radius 1 is 1.38 bits per heavy atom. The van der Waals surface area contributed by atoms with E-state index in [1.807, 2.05) is 31.2 Å². The maximum absolute atomic E-state index is 10.8. The van der Waals surface area contributed by atoms with Crippen LogP contribution in [0.1, 0.15) is 31.4 Å². The van der Waals surface area contributed by atoms with Crippen molar-refractivity contribution in [1.29, 1.82) is 0 Å². The maximum Gasteiger partial charge on any atom is 0.305 e. The number of hydrogen-bond donors (Lipinski definition) is 2. The molecule has 1 atom stereocenters. The molecule has 1 unspecified atom stereocenters. The van der Waals surface area contributed by atoms with E-state index in [9.17, 15) is 4.79 Å². The van der Waals surface area contributed by atoms with Crippen molar-refractivity contribution in [2.75, 3.05) is 7.05 Å². The van der Waals surface area contributed by atoms with Gasteiger partial charge in [0.15, 0.2) is 0 Å². The normalized spacial score (nSPS) is 14.4. The zero-order valence-corrected chi connectivity index (χ0v) is 10.1. The summed E-state index contributed by atoms with van der Waals surface area (Å²) < 4.78 is 0. The summed E-state index contributed by atoms with van der Waals surface area (Å²) in [4.78, 5) is 10.8. The van der Waals surface area contributed by atoms with Crippen LogP contribution >= 0.6 is 0 Å². The van der Waals surface area contributed by atoms with Gasteiger partial charge in [-0.3, -0.25) is 4.79 Å². The highest BCUT2D eigenvalue weighted by molar-refractivity contribution is 5.68. The molecule has 0 radical (unpaired) electrons. The van der Waals surface area contributed by atoms with Crippen molar-refractivity contribution in [3.05, 3.63) is 35.4 Å². The van der Waals surface area contributed by atoms with Crippen LogP contribution in [0.25, 0.3) is 0 Å². The van der Waals surface area contributed by atoms with Crippen LogP contribution in [-0.2, 0) is 16.8 Å². The first kappa shape index (κ1) is 12.7. The van der Waals surface area contributed by atoms with Crippen molar-refractivity contribution in [3.8, 4) is 0 Å². The van der Waals surface area contributed by atoms with Gasteiger partial charge in [-0.25, -0.2) is 0 Å². The van der Waals surface area contributed by atoms with Gasteiger partial charge in [0.25, 0.3) is 0 Å². The molecule has 0 aliphatic heterocycles. The van der Waals surface area contributed by atoms with Gasteiger partial charge in [0.05, 0.1) is 12.0 Å². The van der Waals surface area contributed by atoms with E-state index in [0.717, 1.165) is 12.0 Å². The lowest BCUT2D eigenvalue weighted by atomic mass is 9.88. The van der Waals surface area contributed by atoms with Gasteiger partial charge in [0.1, 0.15) is 0 Å². The molecule has 3 nitrogen and oxygen atoms in total. The highest BCUT2D eigenvalue weighted by Gasteiger charge is 2.27. The highest BCUT2D eigenvalue weighted by Crippen LogP contribution is 2.24. The highest BCUT2D eigenvalue weighted by atomic mass is 16.4. The molecule has 1 rings (SSSR count). The molecule has 1 aromatic rings. The third-order valence-electron chi connectivity index (χ3n) is 3.06. The first-order valence-corrected chi connectivity index (χ1v) is 5.52. The average molecular weight is 221 g/mol. The van der Waals surface area contributed by atoms with Crippen molar-refractivity contribution in [3.63, 3.8) is 0 Å². The van der Waals surface area contributed by atoms with Gasteiger partial charge in [-0.2, -0.15) is 0 Å². The number of rotatable bonds is 5. The van der Waals surface area contributed by atoms with Crippen molar-refractivity contribution in [1.82, 2.24) is 5.32 Å². The summed E-state index contributed by atoms with van der Waals surface area (Å²) >= 11 is 0. The van der Waals surface area contributed by atoms with Gasteiger partial charge in [-0.1, -0.05) is 31.2 Å². The molecule has 88 valence electrons. The molecule has 3 heteroatoms. The first-order chi connectivity index (χ1) is 7.51. The Morgan fingerprint density at radius 3 is 2.31 bits per heavy atom. The second kappa shape index (κ2) is 5.12. The molecule has 0 aromatic heterocycles. The third-order valence-corrected chi connectivity index (χ3v) is 3.06. The Morgan fingerprint density at radius 2 is 1.94 bits per heavy atom. The van der Waals surface area contributed by atoms with Crippen LogP contribution in [-0.4, -0.2) is 18.1 Å². The second-order valence-corrected chi connectivity index (χ2v) is 4.20. The summed E-state index contributed by atoms with van der Waals surface area (Å²) in [7, 11) is 1.79. The van der Waals surface area contributed by atoms with Gasteiger partial charge < -0.3 is 10.4 Å². The van der Waals surface area contributed by atoms with E-state index in [2.05, 4.69) is 12.2 Å². The number of nitrogens with one attached hydrogen (secondary N) is 1. The number of benzene rings is 1. The molecule has 0 saturated heterocycles. The Labute approximate surface area is 96.5 Å². The lowest BCUT2D eigenvalue weighted by Crippen LogP contribution is -2.38. The molecule has 2 N–H and O–H groups in total. The molecule has 0 aliphatic carbocycles. The van der Waals surface area contributed by atoms with E-state index in [0.29, 0.717) is 0 Å². The van der Waals surface area contributed by atoms with Crippen LogP contribution in [0.2, 0.25) is 0 Å². The molecular formula is C13H19NO2. The monoisotopic (exact) mass is 221 g/mol. The number of carboxylic acid groups (broad SMARTS) is 1. The van der Waals surface area contributed by atoms with Gasteiger partial charge in [0.2, 0.25) is 0 Å². The molecular weight excluding hydrogens is 202 g/mol. The lowest BCUT2D eigenvalue weighted by molar-refractivity contribution is -0.138. The standard InChI is InChI=1S/C13H19NO2/c1-4-10-5-7-11(8-6-10)13(2,14-3)9-12(15)16/h5-8,14H,4,9H2,1-3H3,(H,15,16). The summed E-state index contributed by atoms with van der Waals surface area (Å²) in [6.07, 6.45) is 1.07. The summed E-state index contributed by atoms with van der Waals surface area (Å²) in [5, 5.41) is 12.0. The smallest absolute Gasteiger partial charge is 0.305 e. The number of carboxylic acids is 1. The molecule has 0 saturated carbocycles. The summed E-state index contributed by atoms with van der Waals surface area (Å²) in [5.74, 6) is -0.795. The molecule has 1 aromatic carbocycles. The quantitative estimate of drug-likeness (QED) is 0.801. The molecule has 16 heavy (non-hydrogen) atoms. The SMILES string of the molecule is CCc1ccc(C(C)(CC(=O)O)NC)cc1. The summed E-state index contributed by atoms with van der Waals surface area (Å²) in [5.41, 5.74) is 1.77. The Balaban J connectivity index is 2.98. The summed E-state index contributed by atoms with van der Waals surface area (Å²) in [6.45, 7) is 4.01.